The molecule has 0 radical (unpaired) electrons. The minimum atomic E-state index is -0.514. The van der Waals surface area contributed by atoms with Gasteiger partial charge in [-0.3, -0.25) is 19.3 Å². The van der Waals surface area contributed by atoms with Crippen molar-refractivity contribution in [2.45, 2.75) is 162 Å². The lowest BCUT2D eigenvalue weighted by Crippen LogP contribution is -2.48. The van der Waals surface area contributed by atoms with Crippen molar-refractivity contribution >= 4 is 66.5 Å². The van der Waals surface area contributed by atoms with E-state index >= 15 is 0 Å². The second-order valence-electron chi connectivity index (χ2n) is 17.6. The van der Waals surface area contributed by atoms with Crippen LogP contribution in [-0.2, 0) is 0 Å². The van der Waals surface area contributed by atoms with E-state index in [1.165, 1.54) is 43.4 Å². The van der Waals surface area contributed by atoms with Crippen molar-refractivity contribution in [2.24, 2.45) is 5.41 Å². The van der Waals surface area contributed by atoms with Crippen LogP contribution in [0.2, 0.25) is 0 Å². The average molecular weight is 771 g/mol. The molecule has 57 heavy (non-hydrogen) atoms. The van der Waals surface area contributed by atoms with Gasteiger partial charge in [-0.2, -0.15) is 0 Å². The van der Waals surface area contributed by atoms with Gasteiger partial charge in [0.1, 0.15) is 0 Å². The molecule has 6 nitrogen and oxygen atoms in total. The summed E-state index contributed by atoms with van der Waals surface area (Å²) in [6.07, 6.45) is 21.8. The molecule has 1 N–H and O–H groups in total. The first-order chi connectivity index (χ1) is 27.8. The molecule has 0 aromatic heterocycles. The first kappa shape index (κ1) is 41.1. The van der Waals surface area contributed by atoms with E-state index in [0.29, 0.717) is 11.1 Å². The van der Waals surface area contributed by atoms with Crippen LogP contribution < -0.4 is 4.90 Å². The number of nitrogens with zero attached hydrogens (tertiary/aromatic N) is 2. The summed E-state index contributed by atoms with van der Waals surface area (Å²) in [7, 11) is 0. The second-order valence-corrected chi connectivity index (χ2v) is 17.6. The van der Waals surface area contributed by atoms with Crippen LogP contribution in [0.15, 0.2) is 48.5 Å². The molecule has 0 spiro atoms. The standard InChI is InChI=1S/C51H66N2O4/c1-5-9-13-17-21-35(22-18-14-10-6-2)53-43-30-29-39-37-24-27-41-46-40(26-23-36(44(37)46)38-25-28-42(50(53)57)47(43)45(38)39)48(55)52(49(41)56)33-51(34-54,31-19-15-11-7-3)32-20-16-12-8-4/h23-30,35,54H,5-22,31-34H2,1-4H3. The molecule has 0 fully saturated rings. The number of fused-ring (bicyclic) bond motifs is 2. The summed E-state index contributed by atoms with van der Waals surface area (Å²) < 4.78 is 0. The quantitative estimate of drug-likeness (QED) is 0.0293. The fraction of sp³-hybridized carbons (Fsp3) is 0.549. The Morgan fingerprint density at radius 2 is 0.912 bits per heavy atom. The van der Waals surface area contributed by atoms with Gasteiger partial charge in [-0.1, -0.05) is 155 Å². The molecule has 2 aliphatic rings. The van der Waals surface area contributed by atoms with Gasteiger partial charge in [0.15, 0.2) is 0 Å². The number of aliphatic hydroxyl groups excluding tert-OH is 1. The minimum absolute atomic E-state index is 0.0361. The molecule has 0 bridgehead atoms. The molecule has 5 aromatic carbocycles. The van der Waals surface area contributed by atoms with Gasteiger partial charge >= 0.3 is 0 Å². The molecule has 0 unspecified atom stereocenters. The number of aliphatic hydroxyl groups is 1. The highest BCUT2D eigenvalue weighted by Gasteiger charge is 2.41. The second kappa shape index (κ2) is 18.3. The lowest BCUT2D eigenvalue weighted by Gasteiger charge is -2.38. The number of hydrogen-bond donors (Lipinski definition) is 1. The Balaban J connectivity index is 1.28. The number of imide groups is 1. The lowest BCUT2D eigenvalue weighted by molar-refractivity contribution is 0.0353. The fourth-order valence-corrected chi connectivity index (χ4v) is 10.4. The average Bonchev–Trinajstić information content (AvgIpc) is 3.52. The Kier molecular flexibility index (Phi) is 13.2. The zero-order valence-corrected chi connectivity index (χ0v) is 35.3. The summed E-state index contributed by atoms with van der Waals surface area (Å²) in [5.74, 6) is -0.409. The fourth-order valence-electron chi connectivity index (χ4n) is 10.4. The molecular formula is C51H66N2O4. The minimum Gasteiger partial charge on any atom is -0.396 e. The molecule has 304 valence electrons. The van der Waals surface area contributed by atoms with Gasteiger partial charge in [-0.25, -0.2) is 0 Å². The maximum Gasteiger partial charge on any atom is 0.261 e. The van der Waals surface area contributed by atoms with Crippen molar-refractivity contribution in [1.29, 1.82) is 0 Å². The highest BCUT2D eigenvalue weighted by molar-refractivity contribution is 6.41. The van der Waals surface area contributed by atoms with Crippen molar-refractivity contribution < 1.29 is 19.5 Å². The van der Waals surface area contributed by atoms with Gasteiger partial charge in [0.2, 0.25) is 0 Å². The summed E-state index contributed by atoms with van der Waals surface area (Å²) >= 11 is 0. The maximum absolute atomic E-state index is 14.6. The van der Waals surface area contributed by atoms with Crippen LogP contribution in [-0.4, -0.2) is 46.9 Å². The predicted octanol–water partition coefficient (Wildman–Crippen LogP) is 13.5. The van der Waals surface area contributed by atoms with Gasteiger partial charge in [-0.05, 0) is 76.9 Å². The first-order valence-corrected chi connectivity index (χ1v) is 22.8. The number of amides is 3. The molecule has 7 rings (SSSR count). The third kappa shape index (κ3) is 7.68. The number of benzene rings is 5. The van der Waals surface area contributed by atoms with Crippen molar-refractivity contribution in [3.63, 3.8) is 0 Å². The molecule has 0 aliphatic carbocycles. The Morgan fingerprint density at radius 1 is 0.491 bits per heavy atom. The Hall–Kier alpha value is -4.03. The molecule has 0 atom stereocenters. The topological polar surface area (TPSA) is 77.9 Å². The summed E-state index contributed by atoms with van der Waals surface area (Å²) in [5.41, 5.74) is 2.41. The Bertz CT molecular complexity index is 2130. The zero-order valence-electron chi connectivity index (χ0n) is 35.3. The molecule has 0 saturated heterocycles. The van der Waals surface area contributed by atoms with E-state index in [1.54, 1.807) is 0 Å². The van der Waals surface area contributed by atoms with Crippen LogP contribution in [0.4, 0.5) is 5.69 Å². The van der Waals surface area contributed by atoms with Gasteiger partial charge in [0.25, 0.3) is 17.7 Å². The van der Waals surface area contributed by atoms with Gasteiger partial charge in [0.05, 0.1) is 12.3 Å². The maximum atomic E-state index is 14.6. The van der Waals surface area contributed by atoms with Crippen LogP contribution in [0.25, 0.3) is 43.1 Å². The predicted molar refractivity (Wildman–Crippen MR) is 238 cm³/mol. The highest BCUT2D eigenvalue weighted by Crippen LogP contribution is 2.50. The van der Waals surface area contributed by atoms with Crippen molar-refractivity contribution in [1.82, 2.24) is 4.90 Å². The molecule has 2 aliphatic heterocycles. The van der Waals surface area contributed by atoms with Crippen LogP contribution in [0.3, 0.4) is 0 Å². The van der Waals surface area contributed by atoms with Gasteiger partial charge < -0.3 is 10.0 Å². The summed E-state index contributed by atoms with van der Waals surface area (Å²) in [6.45, 7) is 9.09. The van der Waals surface area contributed by atoms with Gasteiger partial charge in [0, 0.05) is 50.9 Å². The molecule has 0 saturated carbocycles. The highest BCUT2D eigenvalue weighted by atomic mass is 16.3. The molecular weight excluding hydrogens is 705 g/mol. The summed E-state index contributed by atoms with van der Waals surface area (Å²) in [4.78, 5) is 47.1. The SMILES string of the molecule is CCCCCCC(CCCCCC)N1C(=O)c2ccc3c4ccc5c6c(ccc(c7ccc1c2c37)c64)C(=O)N(CC(CO)(CCCCCC)CCCCCC)C5=O. The monoisotopic (exact) mass is 771 g/mol. The van der Waals surface area contributed by atoms with E-state index < -0.39 is 5.41 Å². The largest absolute Gasteiger partial charge is 0.396 e. The Morgan fingerprint density at radius 3 is 1.37 bits per heavy atom. The number of carbonyl (C=O) groups excluding carboxylic acids is 3. The molecule has 2 heterocycles. The third-order valence-corrected chi connectivity index (χ3v) is 13.6. The van der Waals surface area contributed by atoms with Crippen molar-refractivity contribution in [2.75, 3.05) is 18.1 Å². The smallest absolute Gasteiger partial charge is 0.261 e. The van der Waals surface area contributed by atoms with E-state index in [4.69, 9.17) is 0 Å². The molecule has 5 aromatic rings. The zero-order chi connectivity index (χ0) is 40.1. The normalized spacial score (nSPS) is 14.4. The first-order valence-electron chi connectivity index (χ1n) is 22.8. The third-order valence-electron chi connectivity index (χ3n) is 13.6. The van der Waals surface area contributed by atoms with E-state index in [0.717, 1.165) is 144 Å². The van der Waals surface area contributed by atoms with Crippen LogP contribution in [0.1, 0.15) is 187 Å². The van der Waals surface area contributed by atoms with Crippen molar-refractivity contribution in [3.05, 3.63) is 65.2 Å². The summed E-state index contributed by atoms with van der Waals surface area (Å²) in [6, 6.07) is 16.6. The Labute approximate surface area is 340 Å². The van der Waals surface area contributed by atoms with Gasteiger partial charge in [-0.15, -0.1) is 0 Å². The van der Waals surface area contributed by atoms with E-state index in [-0.39, 0.29) is 36.9 Å². The van der Waals surface area contributed by atoms with E-state index in [2.05, 4.69) is 62.9 Å². The van der Waals surface area contributed by atoms with E-state index in [9.17, 15) is 19.5 Å². The summed E-state index contributed by atoms with van der Waals surface area (Å²) in [5, 5.41) is 18.9. The van der Waals surface area contributed by atoms with E-state index in [1.807, 2.05) is 18.2 Å². The van der Waals surface area contributed by atoms with Crippen LogP contribution in [0.5, 0.6) is 0 Å². The number of rotatable bonds is 24. The lowest BCUT2D eigenvalue weighted by atomic mass is 9.77. The number of carbonyl (C=O) groups is 3. The van der Waals surface area contributed by atoms with Crippen LogP contribution in [0, 0.1) is 5.41 Å². The molecule has 6 heteroatoms. The van der Waals surface area contributed by atoms with Crippen molar-refractivity contribution in [3.8, 4) is 0 Å². The molecule has 3 amide bonds. The number of anilines is 1. The van der Waals surface area contributed by atoms with Crippen LogP contribution >= 0.6 is 0 Å². The number of hydrogen-bond acceptors (Lipinski definition) is 4. The number of unbranched alkanes of at least 4 members (excludes halogenated alkanes) is 12.